The fraction of sp³-hybridized carbons (Fsp3) is 0.625. The minimum atomic E-state index is -4.09. The maximum absolute atomic E-state index is 12.6. The number of alkyl halides is 3. The van der Waals surface area contributed by atoms with Gasteiger partial charge in [-0.05, 0) is 31.4 Å². The summed E-state index contributed by atoms with van der Waals surface area (Å²) in [5.74, 6) is 0. The first kappa shape index (κ1) is 22.5. The second-order valence-electron chi connectivity index (χ2n) is 5.82. The minimum Gasteiger partial charge on any atom is -0.314 e. The van der Waals surface area contributed by atoms with E-state index in [2.05, 4.69) is 16.3 Å². The molecule has 1 N–H and O–H groups in total. The van der Waals surface area contributed by atoms with Crippen LogP contribution in [0.5, 0.6) is 0 Å². The minimum absolute atomic E-state index is 0. The molecule has 0 aliphatic carbocycles. The molecule has 0 amide bonds. The van der Waals surface area contributed by atoms with Crippen molar-refractivity contribution >= 4 is 24.8 Å². The van der Waals surface area contributed by atoms with Crippen LogP contribution in [0.1, 0.15) is 35.6 Å². The van der Waals surface area contributed by atoms with Crippen molar-refractivity contribution in [3.63, 3.8) is 0 Å². The molecule has 0 spiro atoms. The first-order valence-corrected chi connectivity index (χ1v) is 7.45. The molecule has 1 aliphatic heterocycles. The fourth-order valence-corrected chi connectivity index (χ4v) is 3.03. The number of aryl methyl sites for hydroxylation is 2. The average molecular weight is 373 g/mol. The number of halogens is 5. The Bertz CT molecular complexity index is 475. The van der Waals surface area contributed by atoms with Gasteiger partial charge in [-0.2, -0.15) is 13.2 Å². The van der Waals surface area contributed by atoms with Gasteiger partial charge in [0.1, 0.15) is 0 Å². The van der Waals surface area contributed by atoms with E-state index >= 15 is 0 Å². The van der Waals surface area contributed by atoms with Crippen LogP contribution >= 0.6 is 24.8 Å². The van der Waals surface area contributed by atoms with E-state index in [4.69, 9.17) is 0 Å². The van der Waals surface area contributed by atoms with Crippen LogP contribution in [0.25, 0.3) is 0 Å². The Hall–Kier alpha value is -0.490. The Morgan fingerprint density at radius 1 is 1.13 bits per heavy atom. The van der Waals surface area contributed by atoms with Gasteiger partial charge in [0.25, 0.3) is 0 Å². The fourth-order valence-electron chi connectivity index (χ4n) is 3.03. The number of hydrogen-bond acceptors (Lipinski definition) is 2. The molecule has 0 radical (unpaired) electrons. The van der Waals surface area contributed by atoms with Gasteiger partial charge >= 0.3 is 6.18 Å². The zero-order valence-corrected chi connectivity index (χ0v) is 15.1. The molecule has 1 atom stereocenters. The SMILES string of the molecule is Cc1ccc([C@@H](CCC(F)(F)F)N2CCNCC2)c(C)c1.Cl.Cl. The summed E-state index contributed by atoms with van der Waals surface area (Å²) in [4.78, 5) is 2.18. The van der Waals surface area contributed by atoms with Gasteiger partial charge in [-0.15, -0.1) is 24.8 Å². The number of rotatable bonds is 4. The van der Waals surface area contributed by atoms with E-state index in [9.17, 15) is 13.2 Å². The first-order chi connectivity index (χ1) is 9.87. The largest absolute Gasteiger partial charge is 0.389 e. The van der Waals surface area contributed by atoms with Crippen molar-refractivity contribution in [2.45, 2.75) is 38.9 Å². The zero-order valence-electron chi connectivity index (χ0n) is 13.4. The van der Waals surface area contributed by atoms with Crippen molar-refractivity contribution in [1.29, 1.82) is 0 Å². The van der Waals surface area contributed by atoms with E-state index < -0.39 is 12.6 Å². The number of nitrogens with zero attached hydrogens (tertiary/aromatic N) is 1. The lowest BCUT2D eigenvalue weighted by Gasteiger charge is -2.36. The zero-order chi connectivity index (χ0) is 15.5. The van der Waals surface area contributed by atoms with Crippen LogP contribution in [0.15, 0.2) is 18.2 Å². The van der Waals surface area contributed by atoms with Crippen molar-refractivity contribution < 1.29 is 13.2 Å². The molecule has 23 heavy (non-hydrogen) atoms. The molecule has 0 unspecified atom stereocenters. The first-order valence-electron chi connectivity index (χ1n) is 7.45. The smallest absolute Gasteiger partial charge is 0.314 e. The molecule has 0 bridgehead atoms. The van der Waals surface area contributed by atoms with Crippen molar-refractivity contribution in [3.05, 3.63) is 34.9 Å². The molecule has 1 aromatic carbocycles. The lowest BCUT2D eigenvalue weighted by Crippen LogP contribution is -2.45. The van der Waals surface area contributed by atoms with Gasteiger partial charge in [0.2, 0.25) is 0 Å². The molecule has 134 valence electrons. The van der Waals surface area contributed by atoms with Gasteiger partial charge in [-0.1, -0.05) is 23.8 Å². The van der Waals surface area contributed by atoms with Gasteiger partial charge in [0.05, 0.1) is 0 Å². The topological polar surface area (TPSA) is 15.3 Å². The Morgan fingerprint density at radius 3 is 2.26 bits per heavy atom. The van der Waals surface area contributed by atoms with Crippen LogP contribution in [0.2, 0.25) is 0 Å². The van der Waals surface area contributed by atoms with Crippen molar-refractivity contribution in [2.75, 3.05) is 26.2 Å². The maximum atomic E-state index is 12.6. The second kappa shape index (κ2) is 9.72. The van der Waals surface area contributed by atoms with Crippen LogP contribution in [0.4, 0.5) is 13.2 Å². The predicted octanol–water partition coefficient (Wildman–Crippen LogP) is 4.44. The van der Waals surface area contributed by atoms with Gasteiger partial charge < -0.3 is 5.32 Å². The Labute approximate surface area is 148 Å². The summed E-state index contributed by atoms with van der Waals surface area (Å²) in [7, 11) is 0. The summed E-state index contributed by atoms with van der Waals surface area (Å²) < 4.78 is 37.9. The molecule has 0 saturated carbocycles. The van der Waals surface area contributed by atoms with E-state index in [-0.39, 0.29) is 37.3 Å². The van der Waals surface area contributed by atoms with Crippen LogP contribution in [0, 0.1) is 13.8 Å². The van der Waals surface area contributed by atoms with E-state index in [0.29, 0.717) is 0 Å². The highest BCUT2D eigenvalue weighted by Gasteiger charge is 2.31. The third kappa shape index (κ3) is 6.87. The van der Waals surface area contributed by atoms with Crippen LogP contribution in [0.3, 0.4) is 0 Å². The van der Waals surface area contributed by atoms with Crippen molar-refractivity contribution in [1.82, 2.24) is 10.2 Å². The third-order valence-electron chi connectivity index (χ3n) is 4.08. The van der Waals surface area contributed by atoms with Crippen LogP contribution < -0.4 is 5.32 Å². The summed E-state index contributed by atoms with van der Waals surface area (Å²) in [6.07, 6.45) is -4.69. The highest BCUT2D eigenvalue weighted by atomic mass is 35.5. The number of piperazine rings is 1. The summed E-state index contributed by atoms with van der Waals surface area (Å²) in [5.41, 5.74) is 3.26. The lowest BCUT2D eigenvalue weighted by atomic mass is 9.94. The molecule has 7 heteroatoms. The summed E-state index contributed by atoms with van der Waals surface area (Å²) in [5, 5.41) is 3.25. The van der Waals surface area contributed by atoms with Crippen LogP contribution in [-0.2, 0) is 0 Å². The molecule has 0 aromatic heterocycles. The molecule has 1 fully saturated rings. The molecular formula is C16H25Cl2F3N2. The van der Waals surface area contributed by atoms with E-state index in [1.54, 1.807) is 0 Å². The molecule has 1 aliphatic rings. The average Bonchev–Trinajstić information content (AvgIpc) is 2.41. The second-order valence-corrected chi connectivity index (χ2v) is 5.82. The molecule has 2 rings (SSSR count). The van der Waals surface area contributed by atoms with E-state index in [1.807, 2.05) is 26.0 Å². The van der Waals surface area contributed by atoms with E-state index in [1.165, 1.54) is 0 Å². The highest BCUT2D eigenvalue weighted by molar-refractivity contribution is 5.85. The summed E-state index contributed by atoms with van der Waals surface area (Å²) >= 11 is 0. The Morgan fingerprint density at radius 2 is 1.74 bits per heavy atom. The monoisotopic (exact) mass is 372 g/mol. The molecule has 1 aromatic rings. The predicted molar refractivity (Wildman–Crippen MR) is 92.9 cm³/mol. The Kier molecular flexibility index (Phi) is 9.51. The number of benzene rings is 1. The quantitative estimate of drug-likeness (QED) is 0.840. The normalized spacial score (nSPS) is 17.1. The van der Waals surface area contributed by atoms with Crippen LogP contribution in [-0.4, -0.2) is 37.3 Å². The lowest BCUT2D eigenvalue weighted by molar-refractivity contribution is -0.138. The van der Waals surface area contributed by atoms with Gasteiger partial charge in [0.15, 0.2) is 0 Å². The molecular weight excluding hydrogens is 348 g/mol. The van der Waals surface area contributed by atoms with Crippen molar-refractivity contribution in [3.8, 4) is 0 Å². The van der Waals surface area contributed by atoms with Gasteiger partial charge in [0, 0.05) is 38.6 Å². The third-order valence-corrected chi connectivity index (χ3v) is 4.08. The number of nitrogens with one attached hydrogen (secondary N) is 1. The molecule has 2 nitrogen and oxygen atoms in total. The van der Waals surface area contributed by atoms with Gasteiger partial charge in [-0.3, -0.25) is 4.90 Å². The number of hydrogen-bond donors (Lipinski definition) is 1. The standard InChI is InChI=1S/C16H23F3N2.2ClH/c1-12-3-4-14(13(2)11-12)15(5-6-16(17,18)19)21-9-7-20-8-10-21;;/h3-4,11,15,20H,5-10H2,1-2H3;2*1H/t15-;;/m1../s1. The summed E-state index contributed by atoms with van der Waals surface area (Å²) in [6, 6.07) is 5.89. The maximum Gasteiger partial charge on any atom is 0.389 e. The van der Waals surface area contributed by atoms with E-state index in [0.717, 1.165) is 42.9 Å². The summed E-state index contributed by atoms with van der Waals surface area (Å²) in [6.45, 7) is 7.28. The Balaban J connectivity index is 0.00000242. The molecule has 1 heterocycles. The van der Waals surface area contributed by atoms with Crippen molar-refractivity contribution in [2.24, 2.45) is 0 Å². The molecule has 1 saturated heterocycles. The highest BCUT2D eigenvalue weighted by Crippen LogP contribution is 2.33. The van der Waals surface area contributed by atoms with Gasteiger partial charge in [-0.25, -0.2) is 0 Å².